The monoisotopic (exact) mass is 449 g/mol. The molecule has 0 saturated carbocycles. The third kappa shape index (κ3) is 5.06. The fourth-order valence-corrected chi connectivity index (χ4v) is 4.29. The summed E-state index contributed by atoms with van der Waals surface area (Å²) in [6.45, 7) is 2.96. The van der Waals surface area contributed by atoms with E-state index >= 15 is 0 Å². The molecular formula is C25H31N5O3. The molecule has 0 N–H and O–H groups in total. The van der Waals surface area contributed by atoms with E-state index in [1.807, 2.05) is 29.3 Å². The first-order valence-electron chi connectivity index (χ1n) is 11.4. The maximum absolute atomic E-state index is 12.0. The number of carbonyl (C=O) groups excluding carboxylic acids is 2. The summed E-state index contributed by atoms with van der Waals surface area (Å²) in [5.74, 6) is 1.15. The molecule has 0 radical (unpaired) electrons. The zero-order valence-corrected chi connectivity index (χ0v) is 19.6. The van der Waals surface area contributed by atoms with E-state index in [-0.39, 0.29) is 11.8 Å². The maximum atomic E-state index is 12.0. The number of ether oxygens (including phenoxy) is 1. The number of aryl methyl sites for hydroxylation is 1. The Bertz CT molecular complexity index is 1200. The number of carbonyl (C=O) groups is 2. The molecule has 1 saturated heterocycles. The van der Waals surface area contributed by atoms with Crippen molar-refractivity contribution in [2.45, 2.75) is 32.2 Å². The summed E-state index contributed by atoms with van der Waals surface area (Å²) in [4.78, 5) is 36.9. The van der Waals surface area contributed by atoms with Gasteiger partial charge in [0.25, 0.3) is 0 Å². The molecule has 3 aromatic rings. The number of aromatic nitrogens is 3. The summed E-state index contributed by atoms with van der Waals surface area (Å²) >= 11 is 0. The van der Waals surface area contributed by atoms with Gasteiger partial charge in [0.15, 0.2) is 0 Å². The van der Waals surface area contributed by atoms with Crippen molar-refractivity contribution in [2.24, 2.45) is 0 Å². The average Bonchev–Trinajstić information content (AvgIpc) is 3.38. The van der Waals surface area contributed by atoms with Gasteiger partial charge >= 0.3 is 0 Å². The molecule has 1 fully saturated rings. The van der Waals surface area contributed by atoms with Gasteiger partial charge in [-0.3, -0.25) is 14.6 Å². The average molecular weight is 450 g/mol. The molecule has 1 aromatic carbocycles. The lowest BCUT2D eigenvalue weighted by Crippen LogP contribution is -2.26. The largest absolute Gasteiger partial charge is 0.384 e. The Kier molecular flexibility index (Phi) is 7.03. The molecule has 33 heavy (non-hydrogen) atoms. The predicted molar refractivity (Wildman–Crippen MR) is 129 cm³/mol. The zero-order valence-electron chi connectivity index (χ0n) is 19.6. The zero-order chi connectivity index (χ0) is 23.4. The van der Waals surface area contributed by atoms with Crippen LogP contribution in [0.1, 0.15) is 30.7 Å². The Morgan fingerprint density at radius 2 is 2.09 bits per heavy atom. The summed E-state index contributed by atoms with van der Waals surface area (Å²) in [5, 5.41) is 1.00. The number of rotatable bonds is 9. The minimum Gasteiger partial charge on any atom is -0.384 e. The lowest BCUT2D eigenvalue weighted by molar-refractivity contribution is -0.127. The molecule has 1 aliphatic rings. The van der Waals surface area contributed by atoms with Gasteiger partial charge in [-0.2, -0.15) is 0 Å². The lowest BCUT2D eigenvalue weighted by atomic mass is 10.1. The number of imidazole rings is 1. The standard InChI is InChI=1S/C25H31N5O3/c1-28(2)23(31)10-8-18-7-9-20-19(16-18)25-21(17-26-20)27-22(11-15-33-3)30(25)14-5-13-29-12-4-6-24(29)32/h7-10,16-17H,4-6,11-15H2,1-3H3/b10-8+. The highest BCUT2D eigenvalue weighted by atomic mass is 16.5. The first-order chi connectivity index (χ1) is 16.0. The normalized spacial score (nSPS) is 14.3. The van der Waals surface area contributed by atoms with Crippen LogP contribution >= 0.6 is 0 Å². The molecule has 1 aliphatic heterocycles. The van der Waals surface area contributed by atoms with Crippen molar-refractivity contribution < 1.29 is 14.3 Å². The fraction of sp³-hybridized carbons (Fsp3) is 0.440. The van der Waals surface area contributed by atoms with E-state index in [9.17, 15) is 9.59 Å². The Hall–Kier alpha value is -3.26. The Morgan fingerprint density at radius 3 is 2.82 bits per heavy atom. The van der Waals surface area contributed by atoms with Crippen LogP contribution < -0.4 is 0 Å². The van der Waals surface area contributed by atoms with E-state index in [2.05, 4.69) is 15.6 Å². The number of fused-ring (bicyclic) bond motifs is 3. The highest BCUT2D eigenvalue weighted by Gasteiger charge is 2.20. The number of hydrogen-bond donors (Lipinski definition) is 0. The van der Waals surface area contributed by atoms with Gasteiger partial charge in [0, 0.05) is 65.1 Å². The van der Waals surface area contributed by atoms with Gasteiger partial charge in [-0.25, -0.2) is 4.98 Å². The number of hydrogen-bond acceptors (Lipinski definition) is 5. The third-order valence-corrected chi connectivity index (χ3v) is 6.05. The topological polar surface area (TPSA) is 80.6 Å². The van der Waals surface area contributed by atoms with Crippen molar-refractivity contribution in [3.63, 3.8) is 0 Å². The predicted octanol–water partition coefficient (Wildman–Crippen LogP) is 2.89. The van der Waals surface area contributed by atoms with Gasteiger partial charge in [-0.05, 0) is 36.6 Å². The van der Waals surface area contributed by atoms with Crippen molar-refractivity contribution in [2.75, 3.05) is 40.9 Å². The van der Waals surface area contributed by atoms with E-state index in [1.54, 1.807) is 32.2 Å². The van der Waals surface area contributed by atoms with Crippen LogP contribution in [0, 0.1) is 0 Å². The molecule has 0 atom stereocenters. The van der Waals surface area contributed by atoms with Crippen LogP contribution in [0.4, 0.5) is 0 Å². The van der Waals surface area contributed by atoms with Gasteiger partial charge in [-0.15, -0.1) is 0 Å². The third-order valence-electron chi connectivity index (χ3n) is 6.05. The molecule has 8 nitrogen and oxygen atoms in total. The maximum Gasteiger partial charge on any atom is 0.246 e. The SMILES string of the molecule is COCCc1nc2cnc3ccc(/C=C/C(=O)N(C)C)cc3c2n1CCCN1CCCC1=O. The highest BCUT2D eigenvalue weighted by Crippen LogP contribution is 2.27. The minimum atomic E-state index is -0.0604. The summed E-state index contributed by atoms with van der Waals surface area (Å²) in [5.41, 5.74) is 3.69. The molecule has 2 aromatic heterocycles. The summed E-state index contributed by atoms with van der Waals surface area (Å²) in [6.07, 6.45) is 8.39. The van der Waals surface area contributed by atoms with E-state index in [4.69, 9.17) is 9.72 Å². The smallest absolute Gasteiger partial charge is 0.246 e. The number of likely N-dealkylation sites (tertiary alicyclic amines) is 1. The van der Waals surface area contributed by atoms with Gasteiger partial charge in [0.05, 0.1) is 23.8 Å². The molecular weight excluding hydrogens is 418 g/mol. The fourth-order valence-electron chi connectivity index (χ4n) is 4.29. The number of amides is 2. The quantitative estimate of drug-likeness (QED) is 0.469. The van der Waals surface area contributed by atoms with Gasteiger partial charge in [0.1, 0.15) is 11.3 Å². The molecule has 0 aliphatic carbocycles. The van der Waals surface area contributed by atoms with Crippen LogP contribution in [0.3, 0.4) is 0 Å². The first kappa shape index (κ1) is 22.9. The van der Waals surface area contributed by atoms with Crippen molar-refractivity contribution >= 4 is 39.8 Å². The lowest BCUT2D eigenvalue weighted by Gasteiger charge is -2.16. The second-order valence-electron chi connectivity index (χ2n) is 8.59. The summed E-state index contributed by atoms with van der Waals surface area (Å²) in [7, 11) is 5.16. The van der Waals surface area contributed by atoms with Crippen molar-refractivity contribution in [1.82, 2.24) is 24.3 Å². The van der Waals surface area contributed by atoms with E-state index in [0.717, 1.165) is 65.8 Å². The van der Waals surface area contributed by atoms with Crippen molar-refractivity contribution in [3.05, 3.63) is 41.9 Å². The number of pyridine rings is 1. The summed E-state index contributed by atoms with van der Waals surface area (Å²) in [6, 6.07) is 6.00. The van der Waals surface area contributed by atoms with Crippen LogP contribution in [0.25, 0.3) is 28.0 Å². The van der Waals surface area contributed by atoms with E-state index < -0.39 is 0 Å². The van der Waals surface area contributed by atoms with E-state index in [0.29, 0.717) is 19.4 Å². The van der Waals surface area contributed by atoms with Crippen LogP contribution in [-0.4, -0.2) is 77.1 Å². The Morgan fingerprint density at radius 1 is 1.24 bits per heavy atom. The Labute approximate surface area is 193 Å². The van der Waals surface area contributed by atoms with Crippen molar-refractivity contribution in [3.8, 4) is 0 Å². The molecule has 8 heteroatoms. The molecule has 0 bridgehead atoms. The second kappa shape index (κ2) is 10.1. The van der Waals surface area contributed by atoms with Crippen LogP contribution in [-0.2, 0) is 27.3 Å². The van der Waals surface area contributed by atoms with Gasteiger partial charge < -0.3 is 19.1 Å². The number of nitrogens with zero attached hydrogens (tertiary/aromatic N) is 5. The highest BCUT2D eigenvalue weighted by molar-refractivity contribution is 6.03. The second-order valence-corrected chi connectivity index (χ2v) is 8.59. The first-order valence-corrected chi connectivity index (χ1v) is 11.4. The molecule has 0 unspecified atom stereocenters. The van der Waals surface area contributed by atoms with Gasteiger partial charge in [-0.1, -0.05) is 6.07 Å². The number of methoxy groups -OCH3 is 1. The molecule has 2 amide bonds. The molecule has 174 valence electrons. The van der Waals surface area contributed by atoms with Crippen molar-refractivity contribution in [1.29, 1.82) is 0 Å². The number of benzene rings is 1. The Balaban J connectivity index is 1.70. The summed E-state index contributed by atoms with van der Waals surface area (Å²) < 4.78 is 7.56. The van der Waals surface area contributed by atoms with Crippen LogP contribution in [0.2, 0.25) is 0 Å². The number of likely N-dealkylation sites (N-methyl/N-ethyl adjacent to an activating group) is 1. The molecule has 4 rings (SSSR count). The molecule has 0 spiro atoms. The minimum absolute atomic E-state index is 0.0604. The van der Waals surface area contributed by atoms with Gasteiger partial charge in [0.2, 0.25) is 11.8 Å². The van der Waals surface area contributed by atoms with Crippen LogP contribution in [0.15, 0.2) is 30.5 Å². The van der Waals surface area contributed by atoms with Crippen LogP contribution in [0.5, 0.6) is 0 Å². The molecule has 3 heterocycles. The van der Waals surface area contributed by atoms with E-state index in [1.165, 1.54) is 0 Å².